The van der Waals surface area contributed by atoms with Gasteiger partial charge in [0.15, 0.2) is 0 Å². The zero-order valence-electron chi connectivity index (χ0n) is 11.2. The van der Waals surface area contributed by atoms with Crippen molar-refractivity contribution in [2.24, 2.45) is 17.6 Å². The highest BCUT2D eigenvalue weighted by Gasteiger charge is 2.29. The standard InChI is InChI=1S/C15H23N3/c1-11-14(8-16)6-7-15(17-11)18(9-12-2-3-12)10-13-4-5-13/h6-7,12-13H,2-5,8-10,16H2,1H3. The Kier molecular flexibility index (Phi) is 3.25. The van der Waals surface area contributed by atoms with Crippen molar-refractivity contribution in [2.75, 3.05) is 18.0 Å². The first-order valence-corrected chi connectivity index (χ1v) is 7.18. The Morgan fingerprint density at radius 2 is 1.78 bits per heavy atom. The van der Waals surface area contributed by atoms with Crippen LogP contribution in [0.1, 0.15) is 36.9 Å². The van der Waals surface area contributed by atoms with Crippen LogP contribution >= 0.6 is 0 Å². The predicted molar refractivity (Wildman–Crippen MR) is 74.5 cm³/mol. The number of hydrogen-bond donors (Lipinski definition) is 1. The molecule has 0 spiro atoms. The summed E-state index contributed by atoms with van der Waals surface area (Å²) in [6.07, 6.45) is 5.62. The number of pyridine rings is 1. The van der Waals surface area contributed by atoms with Crippen molar-refractivity contribution in [3.63, 3.8) is 0 Å². The molecule has 2 aliphatic rings. The molecule has 0 amide bonds. The van der Waals surface area contributed by atoms with Crippen molar-refractivity contribution in [2.45, 2.75) is 39.2 Å². The molecule has 0 atom stereocenters. The molecule has 3 heteroatoms. The third kappa shape index (κ3) is 2.83. The van der Waals surface area contributed by atoms with E-state index in [0.717, 1.165) is 28.9 Å². The number of nitrogens with zero attached hydrogens (tertiary/aromatic N) is 2. The molecule has 0 aromatic carbocycles. The van der Waals surface area contributed by atoms with E-state index in [4.69, 9.17) is 10.7 Å². The van der Waals surface area contributed by atoms with Gasteiger partial charge in [-0.25, -0.2) is 4.98 Å². The Bertz CT molecular complexity index is 408. The molecule has 0 unspecified atom stereocenters. The fraction of sp³-hybridized carbons (Fsp3) is 0.667. The monoisotopic (exact) mass is 245 g/mol. The average molecular weight is 245 g/mol. The second-order valence-electron chi connectivity index (χ2n) is 5.91. The quantitative estimate of drug-likeness (QED) is 0.837. The van der Waals surface area contributed by atoms with Gasteiger partial charge in [-0.1, -0.05) is 6.07 Å². The van der Waals surface area contributed by atoms with Crippen LogP contribution in [0.25, 0.3) is 0 Å². The van der Waals surface area contributed by atoms with Crippen molar-refractivity contribution in [1.29, 1.82) is 0 Å². The number of aromatic nitrogens is 1. The van der Waals surface area contributed by atoms with Crippen molar-refractivity contribution < 1.29 is 0 Å². The second kappa shape index (κ2) is 4.88. The van der Waals surface area contributed by atoms with E-state index in [1.807, 2.05) is 0 Å². The van der Waals surface area contributed by atoms with Gasteiger partial charge in [-0.3, -0.25) is 0 Å². The molecular weight excluding hydrogens is 222 g/mol. The summed E-state index contributed by atoms with van der Waals surface area (Å²) in [5.74, 6) is 2.99. The summed E-state index contributed by atoms with van der Waals surface area (Å²) in [7, 11) is 0. The lowest BCUT2D eigenvalue weighted by Crippen LogP contribution is -2.29. The van der Waals surface area contributed by atoms with Crippen molar-refractivity contribution in [1.82, 2.24) is 4.98 Å². The molecule has 0 bridgehead atoms. The van der Waals surface area contributed by atoms with Gasteiger partial charge < -0.3 is 10.6 Å². The van der Waals surface area contributed by atoms with Crippen LogP contribution in [0.3, 0.4) is 0 Å². The van der Waals surface area contributed by atoms with E-state index in [2.05, 4.69) is 24.0 Å². The van der Waals surface area contributed by atoms with Gasteiger partial charge in [-0.05, 0) is 56.1 Å². The molecular formula is C15H23N3. The lowest BCUT2D eigenvalue weighted by Gasteiger charge is -2.24. The molecule has 1 aromatic heterocycles. The molecule has 2 N–H and O–H groups in total. The number of aryl methyl sites for hydroxylation is 1. The van der Waals surface area contributed by atoms with Crippen molar-refractivity contribution >= 4 is 5.82 Å². The lowest BCUT2D eigenvalue weighted by molar-refractivity contribution is 0.670. The van der Waals surface area contributed by atoms with Crippen molar-refractivity contribution in [3.05, 3.63) is 23.4 Å². The maximum atomic E-state index is 5.70. The first kappa shape index (κ1) is 12.0. The molecule has 2 fully saturated rings. The summed E-state index contributed by atoms with van der Waals surface area (Å²) >= 11 is 0. The number of rotatable bonds is 6. The van der Waals surface area contributed by atoms with Crippen LogP contribution in [0.15, 0.2) is 12.1 Å². The van der Waals surface area contributed by atoms with E-state index in [-0.39, 0.29) is 0 Å². The van der Waals surface area contributed by atoms with Gasteiger partial charge in [-0.15, -0.1) is 0 Å². The first-order valence-electron chi connectivity index (χ1n) is 7.18. The number of anilines is 1. The van der Waals surface area contributed by atoms with Crippen LogP contribution in [0.5, 0.6) is 0 Å². The topological polar surface area (TPSA) is 42.2 Å². The lowest BCUT2D eigenvalue weighted by atomic mass is 10.2. The van der Waals surface area contributed by atoms with Crippen LogP contribution in [0.4, 0.5) is 5.82 Å². The third-order valence-corrected chi connectivity index (χ3v) is 4.08. The normalized spacial score (nSPS) is 19.0. The molecule has 0 aliphatic heterocycles. The SMILES string of the molecule is Cc1nc(N(CC2CC2)CC2CC2)ccc1CN. The Hall–Kier alpha value is -1.09. The molecule has 1 aromatic rings. The highest BCUT2D eigenvalue weighted by Crippen LogP contribution is 2.35. The van der Waals surface area contributed by atoms with Gasteiger partial charge in [-0.2, -0.15) is 0 Å². The van der Waals surface area contributed by atoms with E-state index in [1.165, 1.54) is 38.8 Å². The summed E-state index contributed by atoms with van der Waals surface area (Å²) in [5, 5.41) is 0. The highest BCUT2D eigenvalue weighted by molar-refractivity contribution is 5.42. The van der Waals surface area contributed by atoms with Gasteiger partial charge in [0, 0.05) is 25.3 Å². The second-order valence-corrected chi connectivity index (χ2v) is 5.91. The Balaban J connectivity index is 1.76. The molecule has 2 aliphatic carbocycles. The zero-order chi connectivity index (χ0) is 12.5. The van der Waals surface area contributed by atoms with Crippen LogP contribution in [0.2, 0.25) is 0 Å². The largest absolute Gasteiger partial charge is 0.356 e. The summed E-state index contributed by atoms with van der Waals surface area (Å²) in [6, 6.07) is 4.30. The smallest absolute Gasteiger partial charge is 0.128 e. The fourth-order valence-electron chi connectivity index (χ4n) is 2.45. The van der Waals surface area contributed by atoms with Crippen LogP contribution in [0, 0.1) is 18.8 Å². The molecule has 0 radical (unpaired) electrons. The van der Waals surface area contributed by atoms with Gasteiger partial charge in [0.05, 0.1) is 0 Å². The zero-order valence-corrected chi connectivity index (χ0v) is 11.2. The van der Waals surface area contributed by atoms with Gasteiger partial charge in [0.1, 0.15) is 5.82 Å². The van der Waals surface area contributed by atoms with E-state index < -0.39 is 0 Å². The molecule has 98 valence electrons. The average Bonchev–Trinajstić information content (AvgIpc) is 3.23. The molecule has 1 heterocycles. The highest BCUT2D eigenvalue weighted by atomic mass is 15.2. The van der Waals surface area contributed by atoms with E-state index in [1.54, 1.807) is 0 Å². The van der Waals surface area contributed by atoms with Gasteiger partial charge in [0.2, 0.25) is 0 Å². The van der Waals surface area contributed by atoms with Crippen LogP contribution < -0.4 is 10.6 Å². The van der Waals surface area contributed by atoms with Crippen LogP contribution in [-0.2, 0) is 6.54 Å². The minimum Gasteiger partial charge on any atom is -0.356 e. The molecule has 3 nitrogen and oxygen atoms in total. The minimum atomic E-state index is 0.588. The predicted octanol–water partition coefficient (Wildman–Crippen LogP) is 2.48. The third-order valence-electron chi connectivity index (χ3n) is 4.08. The Morgan fingerprint density at radius 1 is 1.17 bits per heavy atom. The number of hydrogen-bond acceptors (Lipinski definition) is 3. The van der Waals surface area contributed by atoms with Crippen LogP contribution in [-0.4, -0.2) is 18.1 Å². The molecule has 2 saturated carbocycles. The first-order chi connectivity index (χ1) is 8.76. The van der Waals surface area contributed by atoms with Crippen molar-refractivity contribution in [3.8, 4) is 0 Å². The Morgan fingerprint density at radius 3 is 2.22 bits per heavy atom. The maximum Gasteiger partial charge on any atom is 0.128 e. The summed E-state index contributed by atoms with van der Waals surface area (Å²) < 4.78 is 0. The fourth-order valence-corrected chi connectivity index (χ4v) is 2.45. The minimum absolute atomic E-state index is 0.588. The summed E-state index contributed by atoms with van der Waals surface area (Å²) in [4.78, 5) is 7.25. The van der Waals surface area contributed by atoms with E-state index >= 15 is 0 Å². The van der Waals surface area contributed by atoms with E-state index in [9.17, 15) is 0 Å². The van der Waals surface area contributed by atoms with E-state index in [0.29, 0.717) is 6.54 Å². The molecule has 18 heavy (non-hydrogen) atoms. The maximum absolute atomic E-state index is 5.70. The Labute approximate surface area is 109 Å². The van der Waals surface area contributed by atoms with Gasteiger partial charge >= 0.3 is 0 Å². The molecule has 0 saturated heterocycles. The van der Waals surface area contributed by atoms with Gasteiger partial charge in [0.25, 0.3) is 0 Å². The molecule has 3 rings (SSSR count). The number of nitrogens with two attached hydrogens (primary N) is 1. The summed E-state index contributed by atoms with van der Waals surface area (Å²) in [6.45, 7) is 5.05. The summed E-state index contributed by atoms with van der Waals surface area (Å²) in [5.41, 5.74) is 7.96.